The number of nitrogens with one attached hydrogen (secondary N) is 1. The molecule has 0 aliphatic rings. The van der Waals surface area contributed by atoms with E-state index in [9.17, 15) is 0 Å². The normalized spacial score (nSPS) is 11.0. The minimum absolute atomic E-state index is 0.418. The van der Waals surface area contributed by atoms with Gasteiger partial charge in [0, 0.05) is 23.5 Å². The highest BCUT2D eigenvalue weighted by atomic mass is 32.1. The highest BCUT2D eigenvalue weighted by Crippen LogP contribution is 2.18. The van der Waals surface area contributed by atoms with Crippen LogP contribution in [0.3, 0.4) is 0 Å². The Labute approximate surface area is 138 Å². The molecule has 0 fully saturated rings. The molecule has 3 aromatic rings. The SMILES string of the molecule is CCOc1ccccc1/C=N\n1c(-c2ccncc2)n[nH]c1=S. The van der Waals surface area contributed by atoms with E-state index in [1.54, 1.807) is 23.3 Å². The minimum Gasteiger partial charge on any atom is -0.493 e. The van der Waals surface area contributed by atoms with E-state index >= 15 is 0 Å². The lowest BCUT2D eigenvalue weighted by Gasteiger charge is -2.06. The molecule has 0 bridgehead atoms. The molecule has 0 amide bonds. The van der Waals surface area contributed by atoms with E-state index in [4.69, 9.17) is 17.0 Å². The molecule has 0 unspecified atom stereocenters. The fraction of sp³-hybridized carbons (Fsp3) is 0.125. The Hall–Kier alpha value is -2.80. The first-order valence-electron chi connectivity index (χ1n) is 7.13. The molecule has 0 saturated heterocycles. The van der Waals surface area contributed by atoms with Gasteiger partial charge in [-0.15, -0.1) is 0 Å². The van der Waals surface area contributed by atoms with E-state index in [2.05, 4.69) is 20.3 Å². The molecule has 6 nitrogen and oxygen atoms in total. The number of hydrogen-bond donors (Lipinski definition) is 1. The van der Waals surface area contributed by atoms with Gasteiger partial charge in [-0.2, -0.15) is 14.9 Å². The molecule has 116 valence electrons. The van der Waals surface area contributed by atoms with Crippen molar-refractivity contribution in [1.29, 1.82) is 0 Å². The van der Waals surface area contributed by atoms with Gasteiger partial charge in [0.05, 0.1) is 12.8 Å². The number of benzene rings is 1. The van der Waals surface area contributed by atoms with Crippen molar-refractivity contribution in [3.8, 4) is 17.1 Å². The zero-order chi connectivity index (χ0) is 16.1. The van der Waals surface area contributed by atoms with Crippen molar-refractivity contribution in [2.75, 3.05) is 6.61 Å². The van der Waals surface area contributed by atoms with Crippen LogP contribution in [0.1, 0.15) is 12.5 Å². The van der Waals surface area contributed by atoms with Gasteiger partial charge in [-0.1, -0.05) is 12.1 Å². The van der Waals surface area contributed by atoms with Crippen molar-refractivity contribution in [2.24, 2.45) is 5.10 Å². The molecule has 0 spiro atoms. The minimum atomic E-state index is 0.418. The Kier molecular flexibility index (Phi) is 4.58. The van der Waals surface area contributed by atoms with E-state index in [1.807, 2.05) is 43.3 Å². The van der Waals surface area contributed by atoms with Crippen molar-refractivity contribution < 1.29 is 4.74 Å². The van der Waals surface area contributed by atoms with Crippen LogP contribution >= 0.6 is 12.2 Å². The van der Waals surface area contributed by atoms with Gasteiger partial charge in [0.1, 0.15) is 5.75 Å². The quantitative estimate of drug-likeness (QED) is 0.577. The first-order chi connectivity index (χ1) is 11.3. The fourth-order valence-corrected chi connectivity index (χ4v) is 2.26. The highest BCUT2D eigenvalue weighted by Gasteiger charge is 2.08. The fourth-order valence-electron chi connectivity index (χ4n) is 2.08. The van der Waals surface area contributed by atoms with Crippen molar-refractivity contribution in [3.63, 3.8) is 0 Å². The van der Waals surface area contributed by atoms with Gasteiger partial charge in [-0.05, 0) is 43.4 Å². The molecule has 1 aromatic carbocycles. The van der Waals surface area contributed by atoms with Gasteiger partial charge in [-0.25, -0.2) is 5.10 Å². The summed E-state index contributed by atoms with van der Waals surface area (Å²) in [4.78, 5) is 4.00. The summed E-state index contributed by atoms with van der Waals surface area (Å²) in [5, 5.41) is 11.4. The summed E-state index contributed by atoms with van der Waals surface area (Å²) in [5.41, 5.74) is 1.75. The zero-order valence-corrected chi connectivity index (χ0v) is 13.3. The van der Waals surface area contributed by atoms with E-state index in [0.717, 1.165) is 16.9 Å². The number of aromatic nitrogens is 4. The van der Waals surface area contributed by atoms with Crippen LogP contribution in [0.2, 0.25) is 0 Å². The molecule has 0 aliphatic carbocycles. The van der Waals surface area contributed by atoms with Gasteiger partial charge < -0.3 is 4.74 Å². The number of nitrogens with zero attached hydrogens (tertiary/aromatic N) is 4. The average molecular weight is 325 g/mol. The Morgan fingerprint density at radius 1 is 1.26 bits per heavy atom. The average Bonchev–Trinajstić information content (AvgIpc) is 2.96. The maximum absolute atomic E-state index is 5.59. The lowest BCUT2D eigenvalue weighted by molar-refractivity contribution is 0.340. The monoisotopic (exact) mass is 325 g/mol. The number of hydrogen-bond acceptors (Lipinski definition) is 5. The molecular formula is C16H15N5OS. The summed E-state index contributed by atoms with van der Waals surface area (Å²) >= 11 is 5.26. The topological polar surface area (TPSA) is 68.1 Å². The molecule has 2 aromatic heterocycles. The van der Waals surface area contributed by atoms with Crippen LogP contribution in [0.25, 0.3) is 11.4 Å². The lowest BCUT2D eigenvalue weighted by Crippen LogP contribution is -1.98. The molecule has 1 N–H and O–H groups in total. The Morgan fingerprint density at radius 2 is 2.04 bits per heavy atom. The summed E-state index contributed by atoms with van der Waals surface area (Å²) in [6.07, 6.45) is 5.11. The van der Waals surface area contributed by atoms with Gasteiger partial charge in [0.15, 0.2) is 5.82 Å². The van der Waals surface area contributed by atoms with Gasteiger partial charge in [0.2, 0.25) is 4.77 Å². The van der Waals surface area contributed by atoms with Crippen LogP contribution in [-0.2, 0) is 0 Å². The first kappa shape index (κ1) is 15.1. The second-order valence-corrected chi connectivity index (χ2v) is 5.00. The largest absolute Gasteiger partial charge is 0.493 e. The molecule has 2 heterocycles. The molecule has 0 radical (unpaired) electrons. The van der Waals surface area contributed by atoms with E-state index in [0.29, 0.717) is 17.2 Å². The van der Waals surface area contributed by atoms with Crippen LogP contribution in [0.15, 0.2) is 53.9 Å². The van der Waals surface area contributed by atoms with Crippen molar-refractivity contribution in [1.82, 2.24) is 19.9 Å². The molecule has 0 aliphatic heterocycles. The maximum Gasteiger partial charge on any atom is 0.216 e. The Morgan fingerprint density at radius 3 is 2.83 bits per heavy atom. The third kappa shape index (κ3) is 3.35. The lowest BCUT2D eigenvalue weighted by atomic mass is 10.2. The summed E-state index contributed by atoms with van der Waals surface area (Å²) in [6, 6.07) is 11.4. The van der Waals surface area contributed by atoms with Crippen LogP contribution in [0, 0.1) is 4.77 Å². The second kappa shape index (κ2) is 6.97. The van der Waals surface area contributed by atoms with Crippen LogP contribution < -0.4 is 4.74 Å². The van der Waals surface area contributed by atoms with Crippen molar-refractivity contribution >= 4 is 18.4 Å². The predicted octanol–water partition coefficient (Wildman–Crippen LogP) is 3.28. The standard InChI is InChI=1S/C16H15N5OS/c1-2-22-14-6-4-3-5-13(14)11-18-21-15(19-20-16(21)23)12-7-9-17-10-8-12/h3-11H,2H2,1H3,(H,20,23)/b18-11-. The van der Waals surface area contributed by atoms with E-state index in [-0.39, 0.29) is 0 Å². The van der Waals surface area contributed by atoms with Crippen LogP contribution in [0.5, 0.6) is 5.75 Å². The Bertz CT molecular complexity index is 869. The highest BCUT2D eigenvalue weighted by molar-refractivity contribution is 7.71. The predicted molar refractivity (Wildman–Crippen MR) is 91.2 cm³/mol. The smallest absolute Gasteiger partial charge is 0.216 e. The third-order valence-electron chi connectivity index (χ3n) is 3.12. The number of ether oxygens (including phenoxy) is 1. The van der Waals surface area contributed by atoms with E-state index < -0.39 is 0 Å². The van der Waals surface area contributed by atoms with Gasteiger partial charge >= 0.3 is 0 Å². The summed E-state index contributed by atoms with van der Waals surface area (Å²) in [5.74, 6) is 1.40. The molecular weight excluding hydrogens is 310 g/mol. The first-order valence-corrected chi connectivity index (χ1v) is 7.54. The number of aromatic amines is 1. The number of para-hydroxylation sites is 1. The van der Waals surface area contributed by atoms with E-state index in [1.165, 1.54) is 0 Å². The summed E-state index contributed by atoms with van der Waals surface area (Å²) in [7, 11) is 0. The molecule has 7 heteroatoms. The van der Waals surface area contributed by atoms with Crippen molar-refractivity contribution in [2.45, 2.75) is 6.92 Å². The van der Waals surface area contributed by atoms with Crippen LogP contribution in [0.4, 0.5) is 0 Å². The third-order valence-corrected chi connectivity index (χ3v) is 3.38. The maximum atomic E-state index is 5.59. The van der Waals surface area contributed by atoms with Gasteiger partial charge in [-0.3, -0.25) is 4.98 Å². The zero-order valence-electron chi connectivity index (χ0n) is 12.5. The number of H-pyrrole nitrogens is 1. The molecule has 0 atom stereocenters. The van der Waals surface area contributed by atoms with Gasteiger partial charge in [0.25, 0.3) is 0 Å². The number of rotatable bonds is 5. The summed E-state index contributed by atoms with van der Waals surface area (Å²) in [6.45, 7) is 2.54. The molecule has 0 saturated carbocycles. The molecule has 23 heavy (non-hydrogen) atoms. The second-order valence-electron chi connectivity index (χ2n) is 4.62. The number of pyridine rings is 1. The Balaban J connectivity index is 1.98. The van der Waals surface area contributed by atoms with Crippen molar-refractivity contribution in [3.05, 3.63) is 59.1 Å². The summed E-state index contributed by atoms with van der Waals surface area (Å²) < 4.78 is 7.59. The molecule has 3 rings (SSSR count). The van der Waals surface area contributed by atoms with Crippen LogP contribution in [-0.4, -0.2) is 32.7 Å².